The fourth-order valence-electron chi connectivity index (χ4n) is 4.53. The number of rotatable bonds is 9. The van der Waals surface area contributed by atoms with E-state index in [1.165, 1.54) is 19.1 Å². The fraction of sp³-hybridized carbons (Fsp3) is 0.400. The number of likely N-dealkylation sites (tertiary alicyclic amines) is 1. The van der Waals surface area contributed by atoms with E-state index < -0.39 is 18.2 Å². The topological polar surface area (TPSA) is 113 Å². The summed E-state index contributed by atoms with van der Waals surface area (Å²) in [6, 6.07) is 8.10. The van der Waals surface area contributed by atoms with E-state index in [1.54, 1.807) is 26.4 Å². The van der Waals surface area contributed by atoms with Crippen LogP contribution in [0.15, 0.2) is 30.3 Å². The van der Waals surface area contributed by atoms with Crippen LogP contribution in [0.5, 0.6) is 23.0 Å². The van der Waals surface area contributed by atoms with Crippen molar-refractivity contribution in [3.05, 3.63) is 47.0 Å². The quantitative estimate of drug-likeness (QED) is 0.540. The van der Waals surface area contributed by atoms with Gasteiger partial charge in [0.2, 0.25) is 18.0 Å². The molecule has 2 aromatic carbocycles. The number of carbonyl (C=O) groups is 3. The highest BCUT2D eigenvalue weighted by Gasteiger charge is 2.47. The van der Waals surface area contributed by atoms with Gasteiger partial charge in [0.25, 0.3) is 0 Å². The van der Waals surface area contributed by atoms with Crippen LogP contribution in [0, 0.1) is 0 Å². The molecule has 2 aromatic rings. The van der Waals surface area contributed by atoms with E-state index in [9.17, 15) is 14.4 Å². The Balaban J connectivity index is 1.48. The Morgan fingerprint density at radius 1 is 1.00 bits per heavy atom. The molecule has 186 valence electrons. The molecule has 0 spiro atoms. The minimum atomic E-state index is -1.01. The lowest BCUT2D eigenvalue weighted by Gasteiger charge is -2.29. The van der Waals surface area contributed by atoms with Gasteiger partial charge in [-0.05, 0) is 42.7 Å². The van der Waals surface area contributed by atoms with Crippen molar-refractivity contribution in [2.45, 2.75) is 31.5 Å². The maximum atomic E-state index is 13.1. The number of cyclic esters (lactones) is 1. The van der Waals surface area contributed by atoms with Gasteiger partial charge in [-0.1, -0.05) is 6.07 Å². The van der Waals surface area contributed by atoms with Crippen LogP contribution in [-0.4, -0.2) is 63.7 Å². The van der Waals surface area contributed by atoms with Gasteiger partial charge in [-0.2, -0.15) is 0 Å². The van der Waals surface area contributed by atoms with Crippen LogP contribution in [0.1, 0.15) is 40.6 Å². The molecule has 0 bridgehead atoms. The Kier molecular flexibility index (Phi) is 6.99. The number of amides is 2. The lowest BCUT2D eigenvalue weighted by Crippen LogP contribution is -2.46. The molecular weight excluding hydrogens is 456 g/mol. The summed E-state index contributed by atoms with van der Waals surface area (Å²) in [4.78, 5) is 39.8. The minimum absolute atomic E-state index is 0.185. The molecule has 0 aromatic heterocycles. The van der Waals surface area contributed by atoms with E-state index in [-0.39, 0.29) is 29.5 Å². The van der Waals surface area contributed by atoms with Crippen molar-refractivity contribution >= 4 is 17.8 Å². The zero-order valence-electron chi connectivity index (χ0n) is 20.1. The first-order valence-corrected chi connectivity index (χ1v) is 11.2. The third-order valence-corrected chi connectivity index (χ3v) is 6.24. The number of esters is 1. The highest BCUT2D eigenvalue weighted by Crippen LogP contribution is 2.45. The number of nitrogens with one attached hydrogen (secondary N) is 1. The summed E-state index contributed by atoms with van der Waals surface area (Å²) in [7, 11) is 6.02. The average Bonchev–Trinajstić information content (AvgIpc) is 3.42. The molecule has 0 unspecified atom stereocenters. The lowest BCUT2D eigenvalue weighted by molar-refractivity contribution is -0.145. The lowest BCUT2D eigenvalue weighted by atomic mass is 10.0. The predicted molar refractivity (Wildman–Crippen MR) is 124 cm³/mol. The fourth-order valence-corrected chi connectivity index (χ4v) is 4.53. The molecule has 2 heterocycles. The monoisotopic (exact) mass is 484 g/mol. The van der Waals surface area contributed by atoms with Gasteiger partial charge < -0.3 is 29.0 Å². The molecule has 0 radical (unpaired) electrons. The normalized spacial score (nSPS) is 18.7. The van der Waals surface area contributed by atoms with Crippen LogP contribution in [0.3, 0.4) is 0 Å². The van der Waals surface area contributed by atoms with Crippen molar-refractivity contribution in [1.29, 1.82) is 0 Å². The molecule has 2 aliphatic heterocycles. The van der Waals surface area contributed by atoms with Gasteiger partial charge in [-0.3, -0.25) is 14.5 Å². The van der Waals surface area contributed by atoms with Crippen LogP contribution < -0.4 is 24.3 Å². The van der Waals surface area contributed by atoms with E-state index in [4.69, 9.17) is 23.7 Å². The smallest absolute Gasteiger partial charge is 0.344 e. The first-order chi connectivity index (χ1) is 16.9. The summed E-state index contributed by atoms with van der Waals surface area (Å²) in [5.74, 6) is 0.652. The second-order valence-corrected chi connectivity index (χ2v) is 8.11. The maximum absolute atomic E-state index is 13.1. The Hall–Kier alpha value is -3.95. The number of benzene rings is 2. The zero-order valence-corrected chi connectivity index (χ0v) is 20.1. The van der Waals surface area contributed by atoms with Crippen LogP contribution >= 0.6 is 0 Å². The largest absolute Gasteiger partial charge is 0.493 e. The third kappa shape index (κ3) is 4.43. The predicted octanol–water partition coefficient (Wildman–Crippen LogP) is 2.24. The van der Waals surface area contributed by atoms with Gasteiger partial charge in [0.1, 0.15) is 11.6 Å². The number of methoxy groups -OCH3 is 4. The summed E-state index contributed by atoms with van der Waals surface area (Å²) in [6.07, 6.45) is 0.0709. The highest BCUT2D eigenvalue weighted by atomic mass is 16.6. The molecule has 35 heavy (non-hydrogen) atoms. The van der Waals surface area contributed by atoms with Crippen molar-refractivity contribution in [2.24, 2.45) is 0 Å². The van der Waals surface area contributed by atoms with Gasteiger partial charge >= 0.3 is 5.97 Å². The van der Waals surface area contributed by atoms with Crippen LogP contribution in [-0.2, 0) is 20.7 Å². The SMILES string of the molecule is COc1ccc(CCNC(=O)[C@@H]2CCC(=O)N2[C@H]2OC(=O)c3c2ccc(OC)c3OC)cc1OC. The van der Waals surface area contributed by atoms with Gasteiger partial charge in [-0.25, -0.2) is 4.79 Å². The van der Waals surface area contributed by atoms with Crippen LogP contribution in [0.2, 0.25) is 0 Å². The van der Waals surface area contributed by atoms with E-state index in [0.29, 0.717) is 42.2 Å². The number of hydrogen-bond donors (Lipinski definition) is 1. The molecule has 1 fully saturated rings. The molecule has 2 atom stereocenters. The van der Waals surface area contributed by atoms with Gasteiger partial charge in [0, 0.05) is 18.5 Å². The summed E-state index contributed by atoms with van der Waals surface area (Å²) >= 11 is 0. The first-order valence-electron chi connectivity index (χ1n) is 11.2. The molecule has 4 rings (SSSR count). The van der Waals surface area contributed by atoms with Crippen molar-refractivity contribution in [2.75, 3.05) is 35.0 Å². The van der Waals surface area contributed by atoms with E-state index in [2.05, 4.69) is 5.32 Å². The second kappa shape index (κ2) is 10.1. The molecule has 10 nitrogen and oxygen atoms in total. The summed E-state index contributed by atoms with van der Waals surface area (Å²) in [6.45, 7) is 0.360. The molecular formula is C25H28N2O8. The third-order valence-electron chi connectivity index (χ3n) is 6.24. The molecule has 10 heteroatoms. The Morgan fingerprint density at radius 3 is 2.40 bits per heavy atom. The Bertz CT molecular complexity index is 1150. The molecule has 0 aliphatic carbocycles. The van der Waals surface area contributed by atoms with Crippen LogP contribution in [0.4, 0.5) is 0 Å². The minimum Gasteiger partial charge on any atom is -0.493 e. The highest BCUT2D eigenvalue weighted by molar-refractivity contribution is 5.99. The summed E-state index contributed by atoms with van der Waals surface area (Å²) in [5, 5.41) is 2.90. The van der Waals surface area contributed by atoms with Crippen molar-refractivity contribution < 1.29 is 38.1 Å². The number of hydrogen-bond acceptors (Lipinski definition) is 8. The standard InChI is InChI=1S/C25H28N2O8/c1-31-17-8-5-14(13-19(17)33-3)11-12-26-23(29)16-7-10-20(28)27(16)24-15-6-9-18(32-2)22(34-4)21(15)25(30)35-24/h5-6,8-9,13,16,24H,7,10-12H2,1-4H3,(H,26,29)/t16-,24-/m0/s1. The van der Waals surface area contributed by atoms with E-state index in [1.807, 2.05) is 18.2 Å². The number of nitrogens with zero attached hydrogens (tertiary/aromatic N) is 1. The average molecular weight is 485 g/mol. The molecule has 1 N–H and O–H groups in total. The van der Waals surface area contributed by atoms with Gasteiger partial charge in [0.05, 0.1) is 28.4 Å². The molecule has 0 saturated carbocycles. The summed E-state index contributed by atoms with van der Waals surface area (Å²) in [5.41, 5.74) is 1.62. The van der Waals surface area contributed by atoms with E-state index in [0.717, 1.165) is 5.56 Å². The Morgan fingerprint density at radius 2 is 1.71 bits per heavy atom. The number of fused-ring (bicyclic) bond motifs is 1. The number of ether oxygens (including phenoxy) is 5. The maximum Gasteiger partial charge on any atom is 0.344 e. The Labute approximate surface area is 203 Å². The van der Waals surface area contributed by atoms with Crippen LogP contribution in [0.25, 0.3) is 0 Å². The van der Waals surface area contributed by atoms with Gasteiger partial charge in [-0.15, -0.1) is 0 Å². The molecule has 1 saturated heterocycles. The summed E-state index contributed by atoms with van der Waals surface area (Å²) < 4.78 is 26.8. The second-order valence-electron chi connectivity index (χ2n) is 8.11. The van der Waals surface area contributed by atoms with Crippen molar-refractivity contribution in [3.63, 3.8) is 0 Å². The van der Waals surface area contributed by atoms with E-state index >= 15 is 0 Å². The number of carbonyl (C=O) groups excluding carboxylic acids is 3. The zero-order chi connectivity index (χ0) is 25.1. The van der Waals surface area contributed by atoms with Crippen molar-refractivity contribution in [3.8, 4) is 23.0 Å². The van der Waals surface area contributed by atoms with Gasteiger partial charge in [0.15, 0.2) is 23.0 Å². The molecule has 2 aliphatic rings. The molecule has 2 amide bonds. The first kappa shape index (κ1) is 24.2. The van der Waals surface area contributed by atoms with Crippen molar-refractivity contribution in [1.82, 2.24) is 10.2 Å².